The van der Waals surface area contributed by atoms with Crippen molar-refractivity contribution in [3.05, 3.63) is 29.8 Å². The molecule has 0 unspecified atom stereocenters. The first kappa shape index (κ1) is 19.5. The second-order valence-corrected chi connectivity index (χ2v) is 7.96. The average Bonchev–Trinajstić information content (AvgIpc) is 2.54. The minimum atomic E-state index is -0.735. The molecule has 138 valence electrons. The molecule has 4 nitrogen and oxygen atoms in total. The number of benzene rings is 1. The summed E-state index contributed by atoms with van der Waals surface area (Å²) in [5.41, 5.74) is 0.0966. The topological polar surface area (TPSA) is 52.6 Å². The Hall–Kier alpha value is -1.84. The van der Waals surface area contributed by atoms with E-state index in [2.05, 4.69) is 6.92 Å². The quantitative estimate of drug-likeness (QED) is 0.385. The maximum atomic E-state index is 12.7. The highest BCUT2D eigenvalue weighted by molar-refractivity contribution is 5.98. The van der Waals surface area contributed by atoms with Gasteiger partial charge in [0.05, 0.1) is 0 Å². The second-order valence-electron chi connectivity index (χ2n) is 7.96. The summed E-state index contributed by atoms with van der Waals surface area (Å²) in [5, 5.41) is 0. The first-order valence-corrected chi connectivity index (χ1v) is 9.33. The molecule has 1 aliphatic rings. The summed E-state index contributed by atoms with van der Waals surface area (Å²) in [6.07, 6.45) is 6.05. The summed E-state index contributed by atoms with van der Waals surface area (Å²) in [5.74, 6) is 1.51. The zero-order chi connectivity index (χ0) is 18.4. The van der Waals surface area contributed by atoms with Crippen LogP contribution in [0.1, 0.15) is 76.6 Å². The number of rotatable bonds is 5. The predicted octanol–water partition coefficient (Wildman–Crippen LogP) is 5.79. The molecule has 0 atom stereocenters. The molecule has 0 aromatic heterocycles. The Balaban J connectivity index is 1.89. The van der Waals surface area contributed by atoms with Crippen LogP contribution in [0.25, 0.3) is 0 Å². The zero-order valence-electron chi connectivity index (χ0n) is 15.8. The Morgan fingerprint density at radius 2 is 1.64 bits per heavy atom. The van der Waals surface area contributed by atoms with Crippen molar-refractivity contribution >= 4 is 11.9 Å². The molecule has 0 bridgehead atoms. The summed E-state index contributed by atoms with van der Waals surface area (Å²) in [6, 6.07) is 6.78. The zero-order valence-corrected chi connectivity index (χ0v) is 15.8. The van der Waals surface area contributed by atoms with Crippen molar-refractivity contribution in [2.24, 2.45) is 11.8 Å². The van der Waals surface area contributed by atoms with Crippen LogP contribution in [0.3, 0.4) is 0 Å². The van der Waals surface area contributed by atoms with Crippen LogP contribution in [0.2, 0.25) is 0 Å². The third kappa shape index (κ3) is 6.18. The van der Waals surface area contributed by atoms with Gasteiger partial charge in [0.25, 0.3) is 0 Å². The molecule has 25 heavy (non-hydrogen) atoms. The SMILES string of the molecule is CCCC1CCC(C(=O)c2ccc(OC(=O)OC(C)(C)C)cc2)CC1. The highest BCUT2D eigenvalue weighted by Gasteiger charge is 2.26. The van der Waals surface area contributed by atoms with Crippen molar-refractivity contribution in [3.8, 4) is 5.75 Å². The lowest BCUT2D eigenvalue weighted by molar-refractivity contribution is 0.0206. The fourth-order valence-corrected chi connectivity index (χ4v) is 3.41. The van der Waals surface area contributed by atoms with E-state index in [9.17, 15) is 9.59 Å². The van der Waals surface area contributed by atoms with Crippen molar-refractivity contribution < 1.29 is 19.1 Å². The van der Waals surface area contributed by atoms with E-state index in [0.717, 1.165) is 31.6 Å². The molecule has 1 fully saturated rings. The number of carbonyl (C=O) groups is 2. The molecule has 1 aromatic carbocycles. The molecule has 0 saturated heterocycles. The Morgan fingerprint density at radius 3 is 2.16 bits per heavy atom. The van der Waals surface area contributed by atoms with E-state index in [1.807, 2.05) is 0 Å². The third-order valence-corrected chi connectivity index (χ3v) is 4.64. The molecule has 1 aliphatic carbocycles. The first-order chi connectivity index (χ1) is 11.8. The molecule has 0 spiro atoms. The van der Waals surface area contributed by atoms with E-state index >= 15 is 0 Å². The lowest BCUT2D eigenvalue weighted by Gasteiger charge is -2.27. The Bertz CT molecular complexity index is 575. The normalized spacial score (nSPS) is 20.8. The number of Topliss-reactive ketones (excluding diaryl/α,β-unsaturated/α-hetero) is 1. The molecule has 0 amide bonds. The van der Waals surface area contributed by atoms with E-state index in [4.69, 9.17) is 9.47 Å². The summed E-state index contributed by atoms with van der Waals surface area (Å²) < 4.78 is 10.3. The van der Waals surface area contributed by atoms with Gasteiger partial charge in [-0.15, -0.1) is 0 Å². The fraction of sp³-hybridized carbons (Fsp3) is 0.619. The van der Waals surface area contributed by atoms with Gasteiger partial charge < -0.3 is 9.47 Å². The summed E-state index contributed by atoms with van der Waals surface area (Å²) in [4.78, 5) is 24.3. The van der Waals surface area contributed by atoms with Gasteiger partial charge in [-0.3, -0.25) is 4.79 Å². The predicted molar refractivity (Wildman–Crippen MR) is 98.0 cm³/mol. The smallest absolute Gasteiger partial charge is 0.428 e. The van der Waals surface area contributed by atoms with Crippen molar-refractivity contribution in [2.75, 3.05) is 0 Å². The highest BCUT2D eigenvalue weighted by Crippen LogP contribution is 2.33. The molecule has 0 heterocycles. The van der Waals surface area contributed by atoms with E-state index in [0.29, 0.717) is 11.3 Å². The van der Waals surface area contributed by atoms with E-state index in [1.165, 1.54) is 12.8 Å². The molecule has 4 heteroatoms. The molecule has 0 radical (unpaired) electrons. The molecule has 2 rings (SSSR count). The summed E-state index contributed by atoms with van der Waals surface area (Å²) >= 11 is 0. The number of hydrogen-bond donors (Lipinski definition) is 0. The van der Waals surface area contributed by atoms with Crippen LogP contribution in [0.15, 0.2) is 24.3 Å². The molecule has 1 saturated carbocycles. The maximum absolute atomic E-state index is 12.7. The second kappa shape index (κ2) is 8.50. The number of ether oxygens (including phenoxy) is 2. The van der Waals surface area contributed by atoms with Gasteiger partial charge in [-0.1, -0.05) is 19.8 Å². The van der Waals surface area contributed by atoms with Crippen LogP contribution in [0.5, 0.6) is 5.75 Å². The Labute approximate surface area is 150 Å². The van der Waals surface area contributed by atoms with Gasteiger partial charge in [-0.05, 0) is 76.6 Å². The van der Waals surface area contributed by atoms with Crippen molar-refractivity contribution in [1.82, 2.24) is 0 Å². The van der Waals surface area contributed by atoms with Gasteiger partial charge in [-0.25, -0.2) is 4.79 Å². The van der Waals surface area contributed by atoms with Crippen molar-refractivity contribution in [3.63, 3.8) is 0 Å². The minimum Gasteiger partial charge on any atom is -0.428 e. The fourth-order valence-electron chi connectivity index (χ4n) is 3.41. The van der Waals surface area contributed by atoms with Gasteiger partial charge in [0, 0.05) is 11.5 Å². The average molecular weight is 346 g/mol. The number of hydrogen-bond acceptors (Lipinski definition) is 4. The van der Waals surface area contributed by atoms with E-state index in [1.54, 1.807) is 45.0 Å². The maximum Gasteiger partial charge on any atom is 0.514 e. The number of ketones is 1. The van der Waals surface area contributed by atoms with Gasteiger partial charge in [0.15, 0.2) is 5.78 Å². The minimum absolute atomic E-state index is 0.130. The van der Waals surface area contributed by atoms with Gasteiger partial charge >= 0.3 is 6.16 Å². The summed E-state index contributed by atoms with van der Waals surface area (Å²) in [7, 11) is 0. The third-order valence-electron chi connectivity index (χ3n) is 4.64. The molecular weight excluding hydrogens is 316 g/mol. The lowest BCUT2D eigenvalue weighted by Crippen LogP contribution is -2.26. The molecular formula is C21H30O4. The molecule has 0 N–H and O–H groups in total. The van der Waals surface area contributed by atoms with Crippen LogP contribution in [-0.2, 0) is 4.74 Å². The largest absolute Gasteiger partial charge is 0.514 e. The van der Waals surface area contributed by atoms with Crippen LogP contribution >= 0.6 is 0 Å². The Kier molecular flexibility index (Phi) is 6.63. The first-order valence-electron chi connectivity index (χ1n) is 9.33. The van der Waals surface area contributed by atoms with Gasteiger partial charge in [0.2, 0.25) is 0 Å². The standard InChI is InChI=1S/C21H30O4/c1-5-6-15-7-9-16(10-8-15)19(22)17-11-13-18(14-12-17)24-20(23)25-21(2,3)4/h11-16H,5-10H2,1-4H3. The Morgan fingerprint density at radius 1 is 1.04 bits per heavy atom. The van der Waals surface area contributed by atoms with Crippen LogP contribution < -0.4 is 4.74 Å². The van der Waals surface area contributed by atoms with Gasteiger partial charge in [-0.2, -0.15) is 0 Å². The number of carbonyl (C=O) groups excluding carboxylic acids is 2. The van der Waals surface area contributed by atoms with Crippen LogP contribution in [0, 0.1) is 11.8 Å². The lowest BCUT2D eigenvalue weighted by atomic mass is 9.77. The molecule has 0 aliphatic heterocycles. The van der Waals surface area contributed by atoms with Crippen molar-refractivity contribution in [1.29, 1.82) is 0 Å². The van der Waals surface area contributed by atoms with E-state index < -0.39 is 11.8 Å². The van der Waals surface area contributed by atoms with Crippen LogP contribution in [-0.4, -0.2) is 17.5 Å². The monoisotopic (exact) mass is 346 g/mol. The van der Waals surface area contributed by atoms with Crippen LogP contribution in [0.4, 0.5) is 4.79 Å². The highest BCUT2D eigenvalue weighted by atomic mass is 16.7. The van der Waals surface area contributed by atoms with Gasteiger partial charge in [0.1, 0.15) is 11.4 Å². The molecule has 1 aromatic rings. The summed E-state index contributed by atoms with van der Waals surface area (Å²) in [6.45, 7) is 7.57. The van der Waals surface area contributed by atoms with Crippen molar-refractivity contribution in [2.45, 2.75) is 71.8 Å². The van der Waals surface area contributed by atoms with E-state index in [-0.39, 0.29) is 11.7 Å².